The van der Waals surface area contributed by atoms with Crippen LogP contribution in [0.3, 0.4) is 0 Å². The lowest BCUT2D eigenvalue weighted by molar-refractivity contribution is 0.0555. The highest BCUT2D eigenvalue weighted by Crippen LogP contribution is 2.38. The van der Waals surface area contributed by atoms with Gasteiger partial charge >= 0.3 is 6.09 Å². The van der Waals surface area contributed by atoms with E-state index in [-0.39, 0.29) is 6.04 Å². The second-order valence-corrected chi connectivity index (χ2v) is 7.88. The molecule has 3 heterocycles. The summed E-state index contributed by atoms with van der Waals surface area (Å²) in [5.74, 6) is 0.663. The first-order chi connectivity index (χ1) is 14.9. The zero-order valence-electron chi connectivity index (χ0n) is 17.6. The molecule has 0 unspecified atom stereocenters. The van der Waals surface area contributed by atoms with E-state index in [9.17, 15) is 9.18 Å². The van der Waals surface area contributed by atoms with Crippen LogP contribution in [0.15, 0.2) is 24.5 Å². The number of rotatable bonds is 7. The van der Waals surface area contributed by atoms with Crippen LogP contribution in [-0.2, 0) is 16.1 Å². The molecule has 10 nitrogen and oxygen atoms in total. The van der Waals surface area contributed by atoms with Crippen molar-refractivity contribution in [2.45, 2.75) is 57.5 Å². The van der Waals surface area contributed by atoms with Crippen LogP contribution in [0.25, 0.3) is 5.52 Å². The molecule has 3 N–H and O–H groups in total. The third-order valence-corrected chi connectivity index (χ3v) is 5.14. The molecule has 3 aromatic rings. The number of carbonyl (C=O) groups is 1. The molecular formula is C20H26FN7O3. The van der Waals surface area contributed by atoms with Crippen LogP contribution in [0, 0.1) is 0 Å². The van der Waals surface area contributed by atoms with Gasteiger partial charge in [-0.15, -0.1) is 0 Å². The number of methoxy groups -OCH3 is 1. The van der Waals surface area contributed by atoms with Gasteiger partial charge in [0.25, 0.3) is 0 Å². The molecule has 0 aliphatic heterocycles. The predicted molar refractivity (Wildman–Crippen MR) is 111 cm³/mol. The highest BCUT2D eigenvalue weighted by molar-refractivity contribution is 5.72. The molecular weight excluding hydrogens is 405 g/mol. The molecule has 31 heavy (non-hydrogen) atoms. The molecule has 0 bridgehead atoms. The zero-order chi connectivity index (χ0) is 22.0. The summed E-state index contributed by atoms with van der Waals surface area (Å²) in [6.45, 7) is 4.04. The van der Waals surface area contributed by atoms with Crippen molar-refractivity contribution in [2.75, 3.05) is 12.4 Å². The normalized spacial score (nSPS) is 21.0. The van der Waals surface area contributed by atoms with Gasteiger partial charge in [0.2, 0.25) is 0 Å². The Labute approximate surface area is 178 Å². The van der Waals surface area contributed by atoms with E-state index >= 15 is 0 Å². The van der Waals surface area contributed by atoms with E-state index in [2.05, 4.69) is 30.9 Å². The molecule has 3 atom stereocenters. The molecule has 0 radical (unpaired) electrons. The number of fused-ring (bicyclic) bond motifs is 1. The molecule has 1 fully saturated rings. The standard InChI is InChI=1S/C20H26FN7O3/c1-11(2)23-20(29)31-16-5-4-13(18(16)21)14-9-17(26-25-14)24-19-15-8-12(10-30-3)27-28(15)7-6-22-19/h6-9,11,13,16,18H,4-5,10H2,1-3H3,(H,23,29)(H2,22,24,25,26)/t13-,16-,18-/m1/s1. The van der Waals surface area contributed by atoms with E-state index in [1.165, 1.54) is 0 Å². The van der Waals surface area contributed by atoms with Gasteiger partial charge in [-0.1, -0.05) is 0 Å². The van der Waals surface area contributed by atoms with E-state index in [1.54, 1.807) is 30.1 Å². The molecule has 0 spiro atoms. The molecule has 1 saturated carbocycles. The summed E-state index contributed by atoms with van der Waals surface area (Å²) in [6.07, 6.45) is 1.71. The fraction of sp³-hybridized carbons (Fsp3) is 0.500. The minimum Gasteiger partial charge on any atom is -0.443 e. The van der Waals surface area contributed by atoms with Crippen molar-refractivity contribution >= 4 is 23.2 Å². The second kappa shape index (κ2) is 8.88. The van der Waals surface area contributed by atoms with E-state index < -0.39 is 24.3 Å². The summed E-state index contributed by atoms with van der Waals surface area (Å²) in [4.78, 5) is 16.2. The van der Waals surface area contributed by atoms with Crippen molar-refractivity contribution in [3.8, 4) is 0 Å². The van der Waals surface area contributed by atoms with E-state index in [0.29, 0.717) is 36.8 Å². The number of aromatic nitrogens is 5. The van der Waals surface area contributed by atoms with E-state index in [1.807, 2.05) is 19.9 Å². The van der Waals surface area contributed by atoms with Crippen molar-refractivity contribution in [3.63, 3.8) is 0 Å². The number of aromatic amines is 1. The average molecular weight is 431 g/mol. The zero-order valence-corrected chi connectivity index (χ0v) is 17.6. The first-order valence-electron chi connectivity index (χ1n) is 10.2. The number of H-pyrrole nitrogens is 1. The highest BCUT2D eigenvalue weighted by Gasteiger charge is 2.40. The molecule has 1 amide bonds. The lowest BCUT2D eigenvalue weighted by Gasteiger charge is -2.18. The Balaban J connectivity index is 1.44. The lowest BCUT2D eigenvalue weighted by atomic mass is 10.0. The number of nitrogens with one attached hydrogen (secondary N) is 3. The number of hydrogen-bond donors (Lipinski definition) is 3. The maximum absolute atomic E-state index is 14.9. The van der Waals surface area contributed by atoms with Crippen LogP contribution in [0.2, 0.25) is 0 Å². The number of carbonyl (C=O) groups excluding carboxylic acids is 1. The summed E-state index contributed by atoms with van der Waals surface area (Å²) in [5, 5.41) is 17.3. The Morgan fingerprint density at radius 3 is 3.00 bits per heavy atom. The minimum absolute atomic E-state index is 0.0663. The summed E-state index contributed by atoms with van der Waals surface area (Å²) in [6, 6.07) is 3.57. The van der Waals surface area contributed by atoms with Gasteiger partial charge in [-0.25, -0.2) is 18.7 Å². The number of ether oxygens (including phenoxy) is 2. The van der Waals surface area contributed by atoms with Crippen LogP contribution < -0.4 is 10.6 Å². The van der Waals surface area contributed by atoms with Gasteiger partial charge < -0.3 is 20.1 Å². The van der Waals surface area contributed by atoms with Crippen molar-refractivity contribution in [1.82, 2.24) is 30.1 Å². The molecule has 1 aliphatic rings. The highest BCUT2D eigenvalue weighted by atomic mass is 19.1. The quantitative estimate of drug-likeness (QED) is 0.526. The van der Waals surface area contributed by atoms with Crippen molar-refractivity contribution < 1.29 is 18.7 Å². The van der Waals surface area contributed by atoms with Gasteiger partial charge in [0, 0.05) is 43.2 Å². The second-order valence-electron chi connectivity index (χ2n) is 7.88. The summed E-state index contributed by atoms with van der Waals surface area (Å²) < 4.78 is 27.0. The van der Waals surface area contributed by atoms with Crippen molar-refractivity contribution in [3.05, 3.63) is 35.9 Å². The summed E-state index contributed by atoms with van der Waals surface area (Å²) in [7, 11) is 1.61. The van der Waals surface area contributed by atoms with Crippen LogP contribution >= 0.6 is 0 Å². The van der Waals surface area contributed by atoms with Gasteiger partial charge in [-0.3, -0.25) is 5.10 Å². The Hall–Kier alpha value is -3.21. The Morgan fingerprint density at radius 2 is 2.23 bits per heavy atom. The number of nitrogens with zero attached hydrogens (tertiary/aromatic N) is 4. The van der Waals surface area contributed by atoms with Crippen LogP contribution in [0.4, 0.5) is 20.8 Å². The van der Waals surface area contributed by atoms with Gasteiger partial charge in [0.05, 0.1) is 12.3 Å². The fourth-order valence-electron chi connectivity index (χ4n) is 3.78. The summed E-state index contributed by atoms with van der Waals surface area (Å²) >= 11 is 0. The van der Waals surface area contributed by atoms with Crippen molar-refractivity contribution in [2.24, 2.45) is 0 Å². The maximum atomic E-state index is 14.9. The van der Waals surface area contributed by atoms with Crippen LogP contribution in [0.1, 0.15) is 44.0 Å². The largest absolute Gasteiger partial charge is 0.443 e. The smallest absolute Gasteiger partial charge is 0.407 e. The molecule has 0 aromatic carbocycles. The summed E-state index contributed by atoms with van der Waals surface area (Å²) in [5.41, 5.74) is 2.19. The first kappa shape index (κ1) is 21.0. The monoisotopic (exact) mass is 431 g/mol. The molecule has 4 rings (SSSR count). The number of alkyl halides is 1. The maximum Gasteiger partial charge on any atom is 0.407 e. The number of halogens is 1. The molecule has 0 saturated heterocycles. The molecule has 1 aliphatic carbocycles. The van der Waals surface area contributed by atoms with E-state index in [0.717, 1.165) is 11.2 Å². The topological polar surface area (TPSA) is 118 Å². The Morgan fingerprint density at radius 1 is 1.39 bits per heavy atom. The number of anilines is 2. The predicted octanol–water partition coefficient (Wildman–Crippen LogP) is 3.06. The Kier molecular flexibility index (Phi) is 6.03. The lowest BCUT2D eigenvalue weighted by Crippen LogP contribution is -2.36. The first-order valence-corrected chi connectivity index (χ1v) is 10.2. The number of amides is 1. The SMILES string of the molecule is COCc1cc2c(Nc3cc([C@H]4CC[C@@H](OC(=O)NC(C)C)[C@@H]4F)[nH]n3)nccn2n1. The van der Waals surface area contributed by atoms with Gasteiger partial charge in [-0.05, 0) is 32.8 Å². The van der Waals surface area contributed by atoms with Crippen LogP contribution in [-0.4, -0.2) is 56.3 Å². The fourth-order valence-corrected chi connectivity index (χ4v) is 3.78. The minimum atomic E-state index is -1.31. The molecule has 3 aromatic heterocycles. The van der Waals surface area contributed by atoms with E-state index in [4.69, 9.17) is 9.47 Å². The average Bonchev–Trinajstić information content (AvgIpc) is 3.41. The third kappa shape index (κ3) is 4.61. The Bertz CT molecular complexity index is 1050. The molecule has 166 valence electrons. The number of hydrogen-bond acceptors (Lipinski definition) is 7. The van der Waals surface area contributed by atoms with Gasteiger partial charge in [0.1, 0.15) is 17.8 Å². The molecule has 11 heteroatoms. The van der Waals surface area contributed by atoms with Gasteiger partial charge in [-0.2, -0.15) is 10.2 Å². The van der Waals surface area contributed by atoms with Crippen molar-refractivity contribution in [1.29, 1.82) is 0 Å². The van der Waals surface area contributed by atoms with Crippen LogP contribution in [0.5, 0.6) is 0 Å². The third-order valence-electron chi connectivity index (χ3n) is 5.14. The van der Waals surface area contributed by atoms with Gasteiger partial charge in [0.15, 0.2) is 11.6 Å². The number of alkyl carbamates (subject to hydrolysis) is 1.